The highest BCUT2D eigenvalue weighted by atomic mass is 79.9. The number of hydrogen-bond donors (Lipinski definition) is 0. The van der Waals surface area contributed by atoms with E-state index in [-0.39, 0.29) is 11.5 Å². The van der Waals surface area contributed by atoms with Crippen molar-refractivity contribution in [2.24, 2.45) is 0 Å². The summed E-state index contributed by atoms with van der Waals surface area (Å²) in [4.78, 5) is 23.8. The van der Waals surface area contributed by atoms with E-state index in [2.05, 4.69) is 27.8 Å². The van der Waals surface area contributed by atoms with Crippen LogP contribution in [0.25, 0.3) is 0 Å². The summed E-state index contributed by atoms with van der Waals surface area (Å²) in [6.07, 6.45) is 1.34. The minimum atomic E-state index is -0.416. The first-order valence-electron chi connectivity index (χ1n) is 6.48. The molecule has 0 aliphatic rings. The molecule has 0 bridgehead atoms. The highest BCUT2D eigenvalue weighted by Crippen LogP contribution is 2.22. The Labute approximate surface area is 127 Å². The zero-order valence-corrected chi connectivity index (χ0v) is 13.5. The molecule has 0 aliphatic carbocycles. The highest BCUT2D eigenvalue weighted by molar-refractivity contribution is 9.10. The zero-order chi connectivity index (χ0) is 15.1. The number of carbonyl (C=O) groups excluding carboxylic acids is 1. The lowest BCUT2D eigenvalue weighted by Gasteiger charge is -2.14. The molecule has 1 unspecified atom stereocenters. The average Bonchev–Trinajstić information content (AvgIpc) is 2.42. The van der Waals surface area contributed by atoms with Crippen molar-refractivity contribution in [3.8, 4) is 11.8 Å². The van der Waals surface area contributed by atoms with Crippen molar-refractivity contribution in [3.63, 3.8) is 0 Å². The maximum Gasteiger partial charge on any atom is 0.313 e. The van der Waals surface area contributed by atoms with Crippen LogP contribution in [0, 0.1) is 11.8 Å². The first-order chi connectivity index (χ1) is 9.54. The van der Waals surface area contributed by atoms with Gasteiger partial charge in [0.15, 0.2) is 0 Å². The van der Waals surface area contributed by atoms with Gasteiger partial charge in [0.1, 0.15) is 0 Å². The van der Waals surface area contributed by atoms with E-state index in [1.54, 1.807) is 6.07 Å². The summed E-state index contributed by atoms with van der Waals surface area (Å²) in [5.41, 5.74) is 0.484. The van der Waals surface area contributed by atoms with Crippen LogP contribution in [0.4, 0.5) is 0 Å². The second-order valence-corrected chi connectivity index (χ2v) is 5.04. The number of methoxy groups -OCH3 is 1. The first-order valence-corrected chi connectivity index (χ1v) is 7.28. The summed E-state index contributed by atoms with van der Waals surface area (Å²) < 4.78 is 6.90. The molecule has 1 heterocycles. The van der Waals surface area contributed by atoms with E-state index >= 15 is 0 Å². The Morgan fingerprint density at radius 1 is 1.40 bits per heavy atom. The number of nitrogens with zero attached hydrogens (tertiary/aromatic N) is 1. The normalized spacial score (nSPS) is 11.4. The molecule has 0 radical (unpaired) electrons. The van der Waals surface area contributed by atoms with Gasteiger partial charge >= 0.3 is 5.97 Å². The molecule has 1 atom stereocenters. The fourth-order valence-corrected chi connectivity index (χ4v) is 2.44. The number of aromatic nitrogens is 1. The summed E-state index contributed by atoms with van der Waals surface area (Å²) in [6, 6.07) is 3.25. The topological polar surface area (TPSA) is 48.3 Å². The van der Waals surface area contributed by atoms with Crippen molar-refractivity contribution >= 4 is 21.9 Å². The van der Waals surface area contributed by atoms with Gasteiger partial charge in [-0.2, -0.15) is 0 Å². The van der Waals surface area contributed by atoms with Gasteiger partial charge in [0.05, 0.1) is 24.2 Å². The lowest BCUT2D eigenvalue weighted by molar-refractivity contribution is -0.142. The van der Waals surface area contributed by atoms with E-state index in [1.807, 2.05) is 13.8 Å². The van der Waals surface area contributed by atoms with E-state index in [0.29, 0.717) is 23.1 Å². The van der Waals surface area contributed by atoms with Crippen LogP contribution in [0.2, 0.25) is 0 Å². The van der Waals surface area contributed by atoms with Crippen molar-refractivity contribution in [2.75, 3.05) is 7.11 Å². The van der Waals surface area contributed by atoms with E-state index in [4.69, 9.17) is 4.74 Å². The fraction of sp³-hybridized carbons (Fsp3) is 0.467. The van der Waals surface area contributed by atoms with Crippen LogP contribution in [0.15, 0.2) is 21.5 Å². The maximum atomic E-state index is 12.1. The van der Waals surface area contributed by atoms with E-state index in [0.717, 1.165) is 6.42 Å². The standard InChI is InChI=1S/C15H18BrNO3/c1-4-6-7-8-17-13(16)9-11(10-14(17)18)12(5-2)15(19)20-3/h9-10,12H,4-5,8H2,1-3H3. The summed E-state index contributed by atoms with van der Waals surface area (Å²) in [5, 5.41) is 0. The average molecular weight is 340 g/mol. The van der Waals surface area contributed by atoms with Gasteiger partial charge in [-0.05, 0) is 34.0 Å². The molecular formula is C15H18BrNO3. The predicted octanol–water partition coefficient (Wildman–Crippen LogP) is 2.69. The van der Waals surface area contributed by atoms with Crippen LogP contribution < -0.4 is 5.56 Å². The van der Waals surface area contributed by atoms with Crippen LogP contribution in [-0.4, -0.2) is 17.6 Å². The van der Waals surface area contributed by atoms with Crippen molar-refractivity contribution in [2.45, 2.75) is 39.2 Å². The molecular weight excluding hydrogens is 322 g/mol. The van der Waals surface area contributed by atoms with Gasteiger partial charge in [-0.3, -0.25) is 14.2 Å². The molecule has 0 saturated heterocycles. The number of ether oxygens (including phenoxy) is 1. The molecule has 1 aromatic heterocycles. The summed E-state index contributed by atoms with van der Waals surface area (Å²) in [5.74, 6) is 5.10. The summed E-state index contributed by atoms with van der Waals surface area (Å²) in [6.45, 7) is 4.17. The van der Waals surface area contributed by atoms with Gasteiger partial charge in [-0.15, -0.1) is 5.92 Å². The number of hydrogen-bond acceptors (Lipinski definition) is 3. The highest BCUT2D eigenvalue weighted by Gasteiger charge is 2.21. The molecule has 0 saturated carbocycles. The van der Waals surface area contributed by atoms with Gasteiger partial charge in [0, 0.05) is 12.5 Å². The van der Waals surface area contributed by atoms with Gasteiger partial charge in [0.25, 0.3) is 5.56 Å². The van der Waals surface area contributed by atoms with Gasteiger partial charge in [-0.25, -0.2) is 0 Å². The maximum absolute atomic E-state index is 12.1. The molecule has 4 nitrogen and oxygen atoms in total. The lowest BCUT2D eigenvalue weighted by Crippen LogP contribution is -2.23. The second kappa shape index (κ2) is 7.91. The van der Waals surface area contributed by atoms with Gasteiger partial charge in [-0.1, -0.05) is 19.8 Å². The summed E-state index contributed by atoms with van der Waals surface area (Å²) in [7, 11) is 1.35. The van der Waals surface area contributed by atoms with E-state index < -0.39 is 5.92 Å². The van der Waals surface area contributed by atoms with Crippen molar-refractivity contribution < 1.29 is 9.53 Å². The molecule has 0 fully saturated rings. The molecule has 0 aliphatic heterocycles. The number of rotatable bonds is 4. The summed E-state index contributed by atoms with van der Waals surface area (Å²) >= 11 is 3.36. The van der Waals surface area contributed by atoms with E-state index in [1.165, 1.54) is 17.7 Å². The number of esters is 1. The van der Waals surface area contributed by atoms with Crippen LogP contribution in [0.5, 0.6) is 0 Å². The number of carbonyl (C=O) groups is 1. The second-order valence-electron chi connectivity index (χ2n) is 4.23. The minimum Gasteiger partial charge on any atom is -0.469 e. The molecule has 1 rings (SSSR count). The Morgan fingerprint density at radius 2 is 2.10 bits per heavy atom. The molecule has 5 heteroatoms. The Bertz CT molecular complexity index is 595. The van der Waals surface area contributed by atoms with Gasteiger partial charge in [0.2, 0.25) is 0 Å². The SMILES string of the molecule is CCC#CCn1c(Br)cc(C(CC)C(=O)OC)cc1=O. The molecule has 108 valence electrons. The zero-order valence-electron chi connectivity index (χ0n) is 11.9. The van der Waals surface area contributed by atoms with E-state index in [9.17, 15) is 9.59 Å². The number of pyridine rings is 1. The molecule has 0 aromatic carbocycles. The van der Waals surface area contributed by atoms with Crippen molar-refractivity contribution in [1.82, 2.24) is 4.57 Å². The third-order valence-corrected chi connectivity index (χ3v) is 3.59. The smallest absolute Gasteiger partial charge is 0.313 e. The molecule has 20 heavy (non-hydrogen) atoms. The fourth-order valence-electron chi connectivity index (χ4n) is 1.88. The molecule has 0 spiro atoms. The minimum absolute atomic E-state index is 0.179. The molecule has 0 N–H and O–H groups in total. The number of halogens is 1. The predicted molar refractivity (Wildman–Crippen MR) is 81.5 cm³/mol. The Balaban J connectivity index is 3.15. The largest absolute Gasteiger partial charge is 0.469 e. The first kappa shape index (κ1) is 16.5. The van der Waals surface area contributed by atoms with Crippen LogP contribution >= 0.6 is 15.9 Å². The van der Waals surface area contributed by atoms with Gasteiger partial charge < -0.3 is 4.74 Å². The lowest BCUT2D eigenvalue weighted by atomic mass is 9.98. The van der Waals surface area contributed by atoms with Crippen LogP contribution in [0.3, 0.4) is 0 Å². The third kappa shape index (κ3) is 3.97. The molecule has 1 aromatic rings. The Morgan fingerprint density at radius 3 is 2.60 bits per heavy atom. The Kier molecular flexibility index (Phi) is 6.53. The van der Waals surface area contributed by atoms with Crippen LogP contribution in [-0.2, 0) is 16.1 Å². The molecule has 0 amide bonds. The van der Waals surface area contributed by atoms with Crippen LogP contribution in [0.1, 0.15) is 38.2 Å². The quantitative estimate of drug-likeness (QED) is 0.481. The Hall–Kier alpha value is -1.54. The van der Waals surface area contributed by atoms with Crippen molar-refractivity contribution in [1.29, 1.82) is 0 Å². The third-order valence-electron chi connectivity index (χ3n) is 2.94. The monoisotopic (exact) mass is 339 g/mol. The van der Waals surface area contributed by atoms with Crippen molar-refractivity contribution in [3.05, 3.63) is 32.7 Å².